The van der Waals surface area contributed by atoms with Crippen LogP contribution in [0.25, 0.3) is 0 Å². The number of rotatable bonds is 8. The van der Waals surface area contributed by atoms with Gasteiger partial charge in [-0.25, -0.2) is 0 Å². The maximum Gasteiger partial charge on any atom is 0.138 e. The Kier molecular flexibility index (Phi) is 5.86. The summed E-state index contributed by atoms with van der Waals surface area (Å²) < 4.78 is 11.0. The summed E-state index contributed by atoms with van der Waals surface area (Å²) in [6.45, 7) is 6.22. The first kappa shape index (κ1) is 17.2. The molecule has 1 N–H and O–H groups in total. The van der Waals surface area contributed by atoms with Gasteiger partial charge in [0.1, 0.15) is 18.1 Å². The van der Waals surface area contributed by atoms with Crippen molar-refractivity contribution in [3.8, 4) is 5.75 Å². The van der Waals surface area contributed by atoms with Crippen LogP contribution in [0, 0.1) is 13.8 Å². The maximum atomic E-state index is 5.82. The topological polar surface area (TPSA) is 47.3 Å². The van der Waals surface area contributed by atoms with E-state index in [4.69, 9.17) is 9.26 Å². The number of ether oxygens (including phenoxy) is 1. The molecule has 4 heteroatoms. The van der Waals surface area contributed by atoms with Crippen LogP contribution in [-0.2, 0) is 19.6 Å². The highest BCUT2D eigenvalue weighted by Gasteiger charge is 2.07. The van der Waals surface area contributed by atoms with E-state index in [-0.39, 0.29) is 0 Å². The summed E-state index contributed by atoms with van der Waals surface area (Å²) in [7, 11) is 0. The van der Waals surface area contributed by atoms with Gasteiger partial charge in [-0.15, -0.1) is 0 Å². The Morgan fingerprint density at radius 1 is 0.960 bits per heavy atom. The number of aromatic nitrogens is 1. The average Bonchev–Trinajstić information content (AvgIpc) is 2.97. The molecule has 0 unspecified atom stereocenters. The molecular weight excluding hydrogens is 312 g/mol. The van der Waals surface area contributed by atoms with Gasteiger partial charge >= 0.3 is 0 Å². The van der Waals surface area contributed by atoms with Crippen molar-refractivity contribution < 1.29 is 9.26 Å². The normalized spacial score (nSPS) is 10.8. The van der Waals surface area contributed by atoms with Crippen LogP contribution in [0.3, 0.4) is 0 Å². The molecule has 0 saturated heterocycles. The molecule has 0 aliphatic heterocycles. The minimum atomic E-state index is 0.596. The highest BCUT2D eigenvalue weighted by Crippen LogP contribution is 2.15. The molecule has 130 valence electrons. The molecule has 1 aromatic heterocycles. The Morgan fingerprint density at radius 2 is 1.72 bits per heavy atom. The molecule has 3 rings (SSSR count). The van der Waals surface area contributed by atoms with E-state index in [0.717, 1.165) is 42.3 Å². The molecule has 0 atom stereocenters. The van der Waals surface area contributed by atoms with Crippen molar-refractivity contribution >= 4 is 0 Å². The van der Waals surface area contributed by atoms with Crippen molar-refractivity contribution in [3.05, 3.63) is 82.7 Å². The van der Waals surface area contributed by atoms with Crippen LogP contribution in [0.4, 0.5) is 0 Å². The fourth-order valence-corrected chi connectivity index (χ4v) is 2.69. The zero-order valence-corrected chi connectivity index (χ0v) is 14.8. The zero-order chi connectivity index (χ0) is 17.5. The largest absolute Gasteiger partial charge is 0.489 e. The van der Waals surface area contributed by atoms with Crippen molar-refractivity contribution in [2.45, 2.75) is 33.4 Å². The number of benzene rings is 2. The smallest absolute Gasteiger partial charge is 0.138 e. The summed E-state index contributed by atoms with van der Waals surface area (Å²) >= 11 is 0. The summed E-state index contributed by atoms with van der Waals surface area (Å²) in [5.41, 5.74) is 4.59. The van der Waals surface area contributed by atoms with Gasteiger partial charge in [-0.2, -0.15) is 0 Å². The monoisotopic (exact) mass is 336 g/mol. The molecule has 4 nitrogen and oxygen atoms in total. The summed E-state index contributed by atoms with van der Waals surface area (Å²) in [5, 5.41) is 7.42. The standard InChI is InChI=1S/C21H24N2O2/c1-16-21(17(2)25-23-16)14-22-13-12-18-8-10-20(11-9-18)24-15-19-6-4-3-5-7-19/h3-11,22H,12-15H2,1-2H3. The third kappa shape index (κ3) is 4.94. The number of hydrogen-bond acceptors (Lipinski definition) is 4. The molecule has 0 bridgehead atoms. The summed E-state index contributed by atoms with van der Waals surface area (Å²) in [6.07, 6.45) is 0.975. The fourth-order valence-electron chi connectivity index (χ4n) is 2.69. The Labute approximate surface area is 148 Å². The van der Waals surface area contributed by atoms with Crippen LogP contribution in [-0.4, -0.2) is 11.7 Å². The van der Waals surface area contributed by atoms with Gasteiger partial charge in [0.2, 0.25) is 0 Å². The molecule has 0 fully saturated rings. The lowest BCUT2D eigenvalue weighted by molar-refractivity contribution is 0.306. The van der Waals surface area contributed by atoms with E-state index in [1.165, 1.54) is 11.1 Å². The van der Waals surface area contributed by atoms with Crippen LogP contribution in [0.15, 0.2) is 59.1 Å². The highest BCUT2D eigenvalue weighted by atomic mass is 16.5. The van der Waals surface area contributed by atoms with Crippen LogP contribution in [0.2, 0.25) is 0 Å². The van der Waals surface area contributed by atoms with Crippen LogP contribution >= 0.6 is 0 Å². The second kappa shape index (κ2) is 8.49. The lowest BCUT2D eigenvalue weighted by Crippen LogP contribution is -2.17. The second-order valence-corrected chi connectivity index (χ2v) is 6.15. The van der Waals surface area contributed by atoms with Crippen LogP contribution in [0.5, 0.6) is 5.75 Å². The first-order valence-corrected chi connectivity index (χ1v) is 8.60. The van der Waals surface area contributed by atoms with Crippen LogP contribution < -0.4 is 10.1 Å². The lowest BCUT2D eigenvalue weighted by atomic mass is 10.1. The van der Waals surface area contributed by atoms with Crippen molar-refractivity contribution in [1.82, 2.24) is 10.5 Å². The van der Waals surface area contributed by atoms with E-state index in [1.54, 1.807) is 0 Å². The molecule has 0 aliphatic carbocycles. The Bertz CT molecular complexity index is 760. The third-order valence-corrected chi connectivity index (χ3v) is 4.25. The molecule has 25 heavy (non-hydrogen) atoms. The average molecular weight is 336 g/mol. The van der Waals surface area contributed by atoms with Gasteiger partial charge in [0.15, 0.2) is 0 Å². The molecule has 0 saturated carbocycles. The van der Waals surface area contributed by atoms with Crippen molar-refractivity contribution in [3.63, 3.8) is 0 Å². The van der Waals surface area contributed by atoms with E-state index in [1.807, 2.05) is 44.2 Å². The Hall–Kier alpha value is -2.59. The fraction of sp³-hybridized carbons (Fsp3) is 0.286. The molecule has 0 spiro atoms. The Balaban J connectivity index is 1.42. The summed E-state index contributed by atoms with van der Waals surface area (Å²) in [6, 6.07) is 18.5. The van der Waals surface area contributed by atoms with Crippen molar-refractivity contribution in [2.75, 3.05) is 6.54 Å². The predicted octanol–water partition coefficient (Wildman–Crippen LogP) is 4.20. The first-order valence-electron chi connectivity index (χ1n) is 8.60. The molecule has 3 aromatic rings. The summed E-state index contributed by atoms with van der Waals surface area (Å²) in [4.78, 5) is 0. The van der Waals surface area contributed by atoms with Gasteiger partial charge in [0.25, 0.3) is 0 Å². The van der Waals surface area contributed by atoms with Gasteiger partial charge in [-0.1, -0.05) is 47.6 Å². The maximum absolute atomic E-state index is 5.82. The number of aryl methyl sites for hydroxylation is 2. The third-order valence-electron chi connectivity index (χ3n) is 4.25. The SMILES string of the molecule is Cc1noc(C)c1CNCCc1ccc(OCc2ccccc2)cc1. The second-order valence-electron chi connectivity index (χ2n) is 6.15. The molecule has 0 radical (unpaired) electrons. The first-order chi connectivity index (χ1) is 12.2. The number of hydrogen-bond donors (Lipinski definition) is 1. The zero-order valence-electron chi connectivity index (χ0n) is 14.8. The molecule has 2 aromatic carbocycles. The number of nitrogens with one attached hydrogen (secondary N) is 1. The molecule has 0 amide bonds. The van der Waals surface area contributed by atoms with Gasteiger partial charge in [-0.3, -0.25) is 0 Å². The summed E-state index contributed by atoms with van der Waals surface area (Å²) in [5.74, 6) is 1.79. The van der Waals surface area contributed by atoms with Crippen molar-refractivity contribution in [2.24, 2.45) is 0 Å². The van der Waals surface area contributed by atoms with E-state index in [9.17, 15) is 0 Å². The van der Waals surface area contributed by atoms with E-state index in [2.05, 4.69) is 34.7 Å². The quantitative estimate of drug-likeness (QED) is 0.626. The van der Waals surface area contributed by atoms with E-state index in [0.29, 0.717) is 6.61 Å². The molecule has 1 heterocycles. The van der Waals surface area contributed by atoms with Crippen molar-refractivity contribution in [1.29, 1.82) is 0 Å². The highest BCUT2D eigenvalue weighted by molar-refractivity contribution is 5.28. The van der Waals surface area contributed by atoms with Crippen LogP contribution in [0.1, 0.15) is 28.1 Å². The van der Waals surface area contributed by atoms with Gasteiger partial charge in [0, 0.05) is 12.1 Å². The minimum absolute atomic E-state index is 0.596. The molecule has 0 aliphatic rings. The van der Waals surface area contributed by atoms with Gasteiger partial charge in [0.05, 0.1) is 5.69 Å². The van der Waals surface area contributed by atoms with E-state index >= 15 is 0 Å². The lowest BCUT2D eigenvalue weighted by Gasteiger charge is -2.08. The minimum Gasteiger partial charge on any atom is -0.489 e. The number of nitrogens with zero attached hydrogens (tertiary/aromatic N) is 1. The predicted molar refractivity (Wildman–Crippen MR) is 98.6 cm³/mol. The van der Waals surface area contributed by atoms with Gasteiger partial charge < -0.3 is 14.6 Å². The Morgan fingerprint density at radius 3 is 2.40 bits per heavy atom. The van der Waals surface area contributed by atoms with E-state index < -0.39 is 0 Å². The molecular formula is C21H24N2O2. The van der Waals surface area contributed by atoms with Gasteiger partial charge in [-0.05, 0) is 50.1 Å².